The zero-order valence-corrected chi connectivity index (χ0v) is 30.6. The molecule has 11 aromatic rings. The summed E-state index contributed by atoms with van der Waals surface area (Å²) >= 11 is 0. The Labute approximate surface area is 325 Å². The quantitative estimate of drug-likeness (QED) is 0.160. The first kappa shape index (κ1) is 32.0. The van der Waals surface area contributed by atoms with Gasteiger partial charge in [0.15, 0.2) is 0 Å². The second kappa shape index (κ2) is 13.2. The van der Waals surface area contributed by atoms with Crippen molar-refractivity contribution >= 4 is 71.3 Å². The van der Waals surface area contributed by atoms with Gasteiger partial charge < -0.3 is 9.32 Å². The van der Waals surface area contributed by atoms with E-state index < -0.39 is 0 Å². The minimum atomic E-state index is 0.868. The Bertz CT molecular complexity index is 3230. The summed E-state index contributed by atoms with van der Waals surface area (Å²) in [6.07, 6.45) is 0. The molecule has 0 amide bonds. The molecule has 0 aliphatic rings. The first-order chi connectivity index (χ1) is 27.8. The third kappa shape index (κ3) is 5.34. The van der Waals surface area contributed by atoms with Gasteiger partial charge in [0, 0.05) is 22.3 Å². The van der Waals surface area contributed by atoms with Crippen LogP contribution in [0.1, 0.15) is 0 Å². The van der Waals surface area contributed by atoms with E-state index >= 15 is 0 Å². The fourth-order valence-electron chi connectivity index (χ4n) is 8.52. The second-order valence-electron chi connectivity index (χ2n) is 14.5. The van der Waals surface area contributed by atoms with E-state index in [1.54, 1.807) is 0 Å². The van der Waals surface area contributed by atoms with Crippen molar-refractivity contribution < 1.29 is 4.42 Å². The summed E-state index contributed by atoms with van der Waals surface area (Å²) in [6.45, 7) is 0. The monoisotopic (exact) mass is 713 g/mol. The van der Waals surface area contributed by atoms with Gasteiger partial charge in [-0.1, -0.05) is 170 Å². The summed E-state index contributed by atoms with van der Waals surface area (Å²) in [5, 5.41) is 9.57. The van der Waals surface area contributed by atoms with Gasteiger partial charge in [-0.25, -0.2) is 0 Å². The van der Waals surface area contributed by atoms with Crippen molar-refractivity contribution in [2.45, 2.75) is 0 Å². The molecule has 0 unspecified atom stereocenters. The van der Waals surface area contributed by atoms with Crippen molar-refractivity contribution in [3.05, 3.63) is 212 Å². The van der Waals surface area contributed by atoms with Gasteiger partial charge in [0.25, 0.3) is 0 Å². The lowest BCUT2D eigenvalue weighted by Gasteiger charge is -2.27. The van der Waals surface area contributed by atoms with Crippen LogP contribution in [-0.4, -0.2) is 0 Å². The molecule has 11 rings (SSSR count). The van der Waals surface area contributed by atoms with Gasteiger partial charge in [0.1, 0.15) is 11.2 Å². The Morgan fingerprint density at radius 1 is 0.321 bits per heavy atom. The molecule has 0 saturated heterocycles. The minimum absolute atomic E-state index is 0.868. The maximum absolute atomic E-state index is 6.83. The van der Waals surface area contributed by atoms with Crippen LogP contribution < -0.4 is 4.90 Å². The van der Waals surface area contributed by atoms with Crippen LogP contribution in [0.15, 0.2) is 217 Å². The number of rotatable bonds is 6. The van der Waals surface area contributed by atoms with Crippen molar-refractivity contribution in [3.8, 4) is 33.4 Å². The van der Waals surface area contributed by atoms with Gasteiger partial charge in [-0.3, -0.25) is 0 Å². The Morgan fingerprint density at radius 3 is 1.68 bits per heavy atom. The first-order valence-corrected chi connectivity index (χ1v) is 19.2. The average Bonchev–Trinajstić information content (AvgIpc) is 3.67. The first-order valence-electron chi connectivity index (χ1n) is 19.2. The fourth-order valence-corrected chi connectivity index (χ4v) is 8.52. The molecule has 0 radical (unpaired) electrons. The molecule has 0 atom stereocenters. The van der Waals surface area contributed by atoms with E-state index in [0.717, 1.165) is 50.1 Å². The number of benzene rings is 10. The van der Waals surface area contributed by atoms with E-state index in [0.29, 0.717) is 0 Å². The number of fused-ring (bicyclic) bond motifs is 7. The van der Waals surface area contributed by atoms with Gasteiger partial charge in [0.2, 0.25) is 0 Å². The molecule has 0 N–H and O–H groups in total. The highest BCUT2D eigenvalue weighted by molar-refractivity contribution is 6.18. The zero-order valence-electron chi connectivity index (χ0n) is 30.6. The number of hydrogen-bond acceptors (Lipinski definition) is 2. The maximum Gasteiger partial charge on any atom is 0.145 e. The smallest absolute Gasteiger partial charge is 0.145 e. The highest BCUT2D eigenvalue weighted by Crippen LogP contribution is 2.47. The van der Waals surface area contributed by atoms with Crippen LogP contribution in [-0.2, 0) is 0 Å². The van der Waals surface area contributed by atoms with Crippen molar-refractivity contribution in [3.63, 3.8) is 0 Å². The van der Waals surface area contributed by atoms with Crippen molar-refractivity contribution in [1.29, 1.82) is 0 Å². The van der Waals surface area contributed by atoms with Crippen LogP contribution in [0.4, 0.5) is 17.1 Å². The number of hydrogen-bond donors (Lipinski definition) is 0. The lowest BCUT2D eigenvalue weighted by atomic mass is 9.96. The van der Waals surface area contributed by atoms with Crippen LogP contribution in [0.2, 0.25) is 0 Å². The Balaban J connectivity index is 1.13. The predicted octanol–water partition coefficient (Wildman–Crippen LogP) is 15.5. The van der Waals surface area contributed by atoms with Crippen LogP contribution in [0.25, 0.3) is 87.6 Å². The third-order valence-corrected chi connectivity index (χ3v) is 11.3. The van der Waals surface area contributed by atoms with Gasteiger partial charge >= 0.3 is 0 Å². The standard InChI is InChI=1S/C54H35NO/c1-2-11-36(12-3-1)37-21-23-41(24-22-37)48-33-34-51(53-49-18-8-9-20-52(49)56-54(48)53)55(44-32-29-42-26-25-39-14-5-7-17-47(39)50(42)35-44)43-30-27-40(28-31-43)46-19-10-15-38-13-4-6-16-45(38)46/h1-35H. The van der Waals surface area contributed by atoms with E-state index in [1.807, 2.05) is 0 Å². The second-order valence-corrected chi connectivity index (χ2v) is 14.5. The minimum Gasteiger partial charge on any atom is -0.455 e. The van der Waals surface area contributed by atoms with Crippen molar-refractivity contribution in [2.24, 2.45) is 0 Å². The van der Waals surface area contributed by atoms with Crippen LogP contribution in [0.3, 0.4) is 0 Å². The topological polar surface area (TPSA) is 16.4 Å². The normalized spacial score (nSPS) is 11.6. The third-order valence-electron chi connectivity index (χ3n) is 11.3. The Morgan fingerprint density at radius 2 is 0.875 bits per heavy atom. The maximum atomic E-state index is 6.83. The average molecular weight is 714 g/mol. The molecule has 262 valence electrons. The summed E-state index contributed by atoms with van der Waals surface area (Å²) in [5.74, 6) is 0. The van der Waals surface area contributed by atoms with E-state index in [1.165, 1.54) is 54.6 Å². The molecule has 2 nitrogen and oxygen atoms in total. The molecule has 0 bridgehead atoms. The number of anilines is 3. The van der Waals surface area contributed by atoms with E-state index in [2.05, 4.69) is 217 Å². The van der Waals surface area contributed by atoms with Crippen molar-refractivity contribution in [1.82, 2.24) is 0 Å². The summed E-state index contributed by atoms with van der Waals surface area (Å²) in [4.78, 5) is 2.40. The Kier molecular flexibility index (Phi) is 7.53. The number of nitrogens with zero attached hydrogens (tertiary/aromatic N) is 1. The van der Waals surface area contributed by atoms with Crippen LogP contribution in [0, 0.1) is 0 Å². The van der Waals surface area contributed by atoms with E-state index in [4.69, 9.17) is 4.42 Å². The molecule has 0 aliphatic carbocycles. The van der Waals surface area contributed by atoms with E-state index in [9.17, 15) is 0 Å². The summed E-state index contributed by atoms with van der Waals surface area (Å²) in [5.41, 5.74) is 11.9. The fraction of sp³-hybridized carbons (Fsp3) is 0. The van der Waals surface area contributed by atoms with Gasteiger partial charge in [0.05, 0.1) is 11.1 Å². The van der Waals surface area contributed by atoms with Crippen LogP contribution >= 0.6 is 0 Å². The van der Waals surface area contributed by atoms with E-state index in [-0.39, 0.29) is 0 Å². The molecule has 1 aromatic heterocycles. The van der Waals surface area contributed by atoms with Gasteiger partial charge in [-0.15, -0.1) is 0 Å². The highest BCUT2D eigenvalue weighted by Gasteiger charge is 2.23. The lowest BCUT2D eigenvalue weighted by molar-refractivity contribution is 0.670. The molecule has 10 aromatic carbocycles. The van der Waals surface area contributed by atoms with Crippen LogP contribution in [0.5, 0.6) is 0 Å². The molecule has 1 heterocycles. The Hall–Kier alpha value is -7.42. The predicted molar refractivity (Wildman–Crippen MR) is 237 cm³/mol. The van der Waals surface area contributed by atoms with Gasteiger partial charge in [-0.2, -0.15) is 0 Å². The molecule has 0 spiro atoms. The number of para-hydroxylation sites is 1. The number of furan rings is 1. The molecule has 0 saturated carbocycles. The molecular formula is C54H35NO. The summed E-state index contributed by atoms with van der Waals surface area (Å²) in [6, 6.07) is 76.4. The SMILES string of the molecule is c1ccc(-c2ccc(-c3ccc(N(c4ccc(-c5cccc6ccccc56)cc4)c4ccc5ccc6ccccc6c5c4)c4c3oc3ccccc34)cc2)cc1. The molecular weight excluding hydrogens is 679 g/mol. The summed E-state index contributed by atoms with van der Waals surface area (Å²) < 4.78 is 6.83. The highest BCUT2D eigenvalue weighted by atomic mass is 16.3. The zero-order chi connectivity index (χ0) is 37.0. The van der Waals surface area contributed by atoms with Gasteiger partial charge in [-0.05, 0) is 103 Å². The molecule has 56 heavy (non-hydrogen) atoms. The molecule has 2 heteroatoms. The molecule has 0 aliphatic heterocycles. The molecule has 0 fully saturated rings. The van der Waals surface area contributed by atoms with Crippen molar-refractivity contribution in [2.75, 3.05) is 4.90 Å². The lowest BCUT2D eigenvalue weighted by Crippen LogP contribution is -2.10. The largest absolute Gasteiger partial charge is 0.455 e. The summed E-state index contributed by atoms with van der Waals surface area (Å²) in [7, 11) is 0.